The molecule has 2 heterocycles. The molecule has 4 rings (SSSR count). The van der Waals surface area contributed by atoms with Gasteiger partial charge in [0, 0.05) is 5.56 Å². The molecule has 0 saturated carbocycles. The Morgan fingerprint density at radius 2 is 1.54 bits per heavy atom. The second-order valence-electron chi connectivity index (χ2n) is 6.33. The van der Waals surface area contributed by atoms with Gasteiger partial charge in [-0.3, -0.25) is 4.90 Å². The number of piperidine rings is 1. The van der Waals surface area contributed by atoms with Gasteiger partial charge in [0.25, 0.3) is 0 Å². The fourth-order valence-electron chi connectivity index (χ4n) is 3.36. The summed E-state index contributed by atoms with van der Waals surface area (Å²) < 4.78 is 5.82. The monoisotopic (exact) mass is 319 g/mol. The van der Waals surface area contributed by atoms with Crippen molar-refractivity contribution in [1.29, 1.82) is 0 Å². The van der Waals surface area contributed by atoms with Crippen molar-refractivity contribution in [1.82, 2.24) is 15.1 Å². The Balaban J connectivity index is 1.35. The lowest BCUT2D eigenvalue weighted by molar-refractivity contribution is 0.188. The molecule has 1 aliphatic rings. The third-order valence-electron chi connectivity index (χ3n) is 4.71. The minimum absolute atomic E-state index is 0.602. The molecule has 24 heavy (non-hydrogen) atoms. The average Bonchev–Trinajstić information content (AvgIpc) is 3.12. The van der Waals surface area contributed by atoms with Crippen LogP contribution in [-0.4, -0.2) is 28.2 Å². The zero-order valence-electron chi connectivity index (χ0n) is 13.6. The molecule has 0 atom stereocenters. The first-order chi connectivity index (χ1) is 11.9. The van der Waals surface area contributed by atoms with E-state index in [2.05, 4.69) is 45.4 Å². The van der Waals surface area contributed by atoms with Crippen LogP contribution in [-0.2, 0) is 6.54 Å². The quantitative estimate of drug-likeness (QED) is 0.725. The number of benzene rings is 2. The van der Waals surface area contributed by atoms with Crippen LogP contribution in [0.3, 0.4) is 0 Å². The van der Waals surface area contributed by atoms with Crippen molar-refractivity contribution in [2.45, 2.75) is 25.3 Å². The molecular weight excluding hydrogens is 298 g/mol. The fourth-order valence-corrected chi connectivity index (χ4v) is 3.36. The summed E-state index contributed by atoms with van der Waals surface area (Å²) in [5.74, 6) is 1.97. The third kappa shape index (κ3) is 3.39. The van der Waals surface area contributed by atoms with Gasteiger partial charge >= 0.3 is 0 Å². The minimum atomic E-state index is 0.602. The van der Waals surface area contributed by atoms with Crippen molar-refractivity contribution in [3.8, 4) is 11.5 Å². The Morgan fingerprint density at radius 3 is 2.25 bits per heavy atom. The normalized spacial score (nSPS) is 16.3. The number of rotatable bonds is 4. The zero-order valence-corrected chi connectivity index (χ0v) is 13.6. The largest absolute Gasteiger partial charge is 0.419 e. The highest BCUT2D eigenvalue weighted by molar-refractivity contribution is 5.51. The Kier molecular flexibility index (Phi) is 4.38. The van der Waals surface area contributed by atoms with E-state index in [0.29, 0.717) is 17.7 Å². The molecule has 0 unspecified atom stereocenters. The van der Waals surface area contributed by atoms with Crippen LogP contribution in [0.15, 0.2) is 65.1 Å². The first-order valence-corrected chi connectivity index (χ1v) is 8.53. The Bertz CT molecular complexity index is 762. The maximum absolute atomic E-state index is 5.82. The first kappa shape index (κ1) is 15.1. The van der Waals surface area contributed by atoms with E-state index in [9.17, 15) is 0 Å². The molecule has 0 radical (unpaired) electrons. The number of hydrogen-bond donors (Lipinski definition) is 0. The highest BCUT2D eigenvalue weighted by Gasteiger charge is 2.22. The SMILES string of the molecule is c1ccc(-c2nnc(CN3CCC(c4ccccc4)CC3)o2)cc1. The molecule has 0 amide bonds. The van der Waals surface area contributed by atoms with Crippen molar-refractivity contribution >= 4 is 0 Å². The predicted molar refractivity (Wildman–Crippen MR) is 93.4 cm³/mol. The van der Waals surface area contributed by atoms with E-state index < -0.39 is 0 Å². The molecule has 4 heteroatoms. The van der Waals surface area contributed by atoms with E-state index in [0.717, 1.165) is 25.2 Å². The number of nitrogens with zero attached hydrogens (tertiary/aromatic N) is 3. The van der Waals surface area contributed by atoms with Crippen LogP contribution in [0.1, 0.15) is 30.2 Å². The first-order valence-electron chi connectivity index (χ1n) is 8.53. The van der Waals surface area contributed by atoms with Crippen LogP contribution in [0, 0.1) is 0 Å². The van der Waals surface area contributed by atoms with Crippen molar-refractivity contribution in [3.63, 3.8) is 0 Å². The maximum Gasteiger partial charge on any atom is 0.247 e. The van der Waals surface area contributed by atoms with E-state index in [4.69, 9.17) is 4.42 Å². The van der Waals surface area contributed by atoms with Gasteiger partial charge in [-0.25, -0.2) is 0 Å². The molecule has 0 spiro atoms. The second-order valence-corrected chi connectivity index (χ2v) is 6.33. The van der Waals surface area contributed by atoms with E-state index in [1.54, 1.807) is 0 Å². The van der Waals surface area contributed by atoms with E-state index in [1.165, 1.54) is 18.4 Å². The van der Waals surface area contributed by atoms with Gasteiger partial charge < -0.3 is 4.42 Å². The zero-order chi connectivity index (χ0) is 16.2. The van der Waals surface area contributed by atoms with Crippen LogP contribution in [0.25, 0.3) is 11.5 Å². The molecule has 0 bridgehead atoms. The average molecular weight is 319 g/mol. The van der Waals surface area contributed by atoms with E-state index in [-0.39, 0.29) is 0 Å². The Hall–Kier alpha value is -2.46. The summed E-state index contributed by atoms with van der Waals surface area (Å²) in [6.45, 7) is 2.88. The predicted octanol–water partition coefficient (Wildman–Crippen LogP) is 4.12. The number of hydrogen-bond acceptors (Lipinski definition) is 4. The molecule has 3 aromatic rings. The van der Waals surface area contributed by atoms with Gasteiger partial charge in [-0.05, 0) is 49.5 Å². The molecule has 2 aromatic carbocycles. The van der Waals surface area contributed by atoms with Gasteiger partial charge in [-0.15, -0.1) is 10.2 Å². The summed E-state index contributed by atoms with van der Waals surface area (Å²) in [7, 11) is 0. The topological polar surface area (TPSA) is 42.2 Å². The third-order valence-corrected chi connectivity index (χ3v) is 4.71. The number of likely N-dealkylation sites (tertiary alicyclic amines) is 1. The fraction of sp³-hybridized carbons (Fsp3) is 0.300. The van der Waals surface area contributed by atoms with Crippen molar-refractivity contribution in [2.75, 3.05) is 13.1 Å². The molecular formula is C20H21N3O. The lowest BCUT2D eigenvalue weighted by atomic mass is 9.89. The van der Waals surface area contributed by atoms with Crippen LogP contribution in [0.5, 0.6) is 0 Å². The summed E-state index contributed by atoms with van der Waals surface area (Å²) in [4.78, 5) is 2.40. The molecule has 0 N–H and O–H groups in total. The summed E-state index contributed by atoms with van der Waals surface area (Å²) >= 11 is 0. The standard InChI is InChI=1S/C20H21N3O/c1-3-7-16(8-4-1)17-11-13-23(14-12-17)15-19-21-22-20(24-19)18-9-5-2-6-10-18/h1-10,17H,11-15H2. The van der Waals surface area contributed by atoms with Crippen molar-refractivity contribution in [2.24, 2.45) is 0 Å². The highest BCUT2D eigenvalue weighted by Crippen LogP contribution is 2.28. The number of aromatic nitrogens is 2. The Labute approximate surface area is 142 Å². The van der Waals surface area contributed by atoms with Gasteiger partial charge in [0.15, 0.2) is 0 Å². The van der Waals surface area contributed by atoms with Gasteiger partial charge in [-0.1, -0.05) is 48.5 Å². The van der Waals surface area contributed by atoms with E-state index >= 15 is 0 Å². The van der Waals surface area contributed by atoms with Gasteiger partial charge in [0.05, 0.1) is 6.54 Å². The molecule has 1 aliphatic heterocycles. The summed E-state index contributed by atoms with van der Waals surface area (Å²) in [6, 6.07) is 20.7. The van der Waals surface area contributed by atoms with Crippen LogP contribution in [0.4, 0.5) is 0 Å². The summed E-state index contributed by atoms with van der Waals surface area (Å²) in [5.41, 5.74) is 2.43. The summed E-state index contributed by atoms with van der Waals surface area (Å²) in [6.07, 6.45) is 2.37. The van der Waals surface area contributed by atoms with Gasteiger partial charge in [0.2, 0.25) is 11.8 Å². The molecule has 1 saturated heterocycles. The maximum atomic E-state index is 5.82. The minimum Gasteiger partial charge on any atom is -0.419 e. The smallest absolute Gasteiger partial charge is 0.247 e. The molecule has 4 nitrogen and oxygen atoms in total. The summed E-state index contributed by atoms with van der Waals surface area (Å²) in [5, 5.41) is 8.38. The second kappa shape index (κ2) is 6.97. The van der Waals surface area contributed by atoms with Crippen molar-refractivity contribution < 1.29 is 4.42 Å². The van der Waals surface area contributed by atoms with Crippen LogP contribution in [0.2, 0.25) is 0 Å². The lowest BCUT2D eigenvalue weighted by Gasteiger charge is -2.31. The lowest BCUT2D eigenvalue weighted by Crippen LogP contribution is -2.32. The van der Waals surface area contributed by atoms with Crippen LogP contribution < -0.4 is 0 Å². The van der Waals surface area contributed by atoms with E-state index in [1.807, 2.05) is 30.3 Å². The highest BCUT2D eigenvalue weighted by atomic mass is 16.4. The van der Waals surface area contributed by atoms with Crippen LogP contribution >= 0.6 is 0 Å². The Morgan fingerprint density at radius 1 is 0.875 bits per heavy atom. The van der Waals surface area contributed by atoms with Gasteiger partial charge in [0.1, 0.15) is 0 Å². The van der Waals surface area contributed by atoms with Crippen molar-refractivity contribution in [3.05, 3.63) is 72.1 Å². The molecule has 1 fully saturated rings. The van der Waals surface area contributed by atoms with Gasteiger partial charge in [-0.2, -0.15) is 0 Å². The molecule has 122 valence electrons. The molecule has 1 aromatic heterocycles. The molecule has 0 aliphatic carbocycles.